The molecular weight excluding hydrogens is 247 g/mol. The molecular formula is C12H14ClFO3. The molecule has 3 nitrogen and oxygen atoms in total. The average molecular weight is 261 g/mol. The van der Waals surface area contributed by atoms with Crippen molar-refractivity contribution >= 4 is 17.6 Å². The fraction of sp³-hybridized carbons (Fsp3) is 0.417. The van der Waals surface area contributed by atoms with Gasteiger partial charge in [0.25, 0.3) is 0 Å². The molecule has 0 aliphatic carbocycles. The van der Waals surface area contributed by atoms with Crippen LogP contribution in [0.3, 0.4) is 0 Å². The lowest BCUT2D eigenvalue weighted by atomic mass is 9.90. The second-order valence-electron chi connectivity index (χ2n) is 4.36. The monoisotopic (exact) mass is 260 g/mol. The highest BCUT2D eigenvalue weighted by molar-refractivity contribution is 6.32. The number of hydrogen-bond donors (Lipinski definition) is 1. The van der Waals surface area contributed by atoms with Crippen molar-refractivity contribution < 1.29 is 19.0 Å². The maximum absolute atomic E-state index is 12.7. The minimum absolute atomic E-state index is 0.179. The molecule has 1 aromatic carbocycles. The molecule has 0 saturated heterocycles. The van der Waals surface area contributed by atoms with Gasteiger partial charge < -0.3 is 9.84 Å². The molecule has 0 aromatic heterocycles. The van der Waals surface area contributed by atoms with Crippen LogP contribution in [0.15, 0.2) is 18.2 Å². The highest BCUT2D eigenvalue weighted by atomic mass is 35.5. The Bertz CT molecular complexity index is 418. The fourth-order valence-corrected chi connectivity index (χ4v) is 1.34. The third-order valence-corrected chi connectivity index (χ3v) is 2.75. The Morgan fingerprint density at radius 2 is 2.18 bits per heavy atom. The molecule has 0 amide bonds. The van der Waals surface area contributed by atoms with Crippen LogP contribution in [-0.4, -0.2) is 17.7 Å². The number of carboxylic acid groups (broad SMARTS) is 1. The molecule has 0 radical (unpaired) electrons. The third kappa shape index (κ3) is 3.89. The maximum Gasteiger partial charge on any atom is 0.309 e. The summed E-state index contributed by atoms with van der Waals surface area (Å²) in [6, 6.07) is 3.81. The van der Waals surface area contributed by atoms with Crippen LogP contribution in [0.2, 0.25) is 5.02 Å². The molecule has 1 N–H and O–H groups in total. The van der Waals surface area contributed by atoms with Gasteiger partial charge in [-0.05, 0) is 38.5 Å². The van der Waals surface area contributed by atoms with Crippen LogP contribution in [0, 0.1) is 11.2 Å². The predicted molar refractivity (Wildman–Crippen MR) is 62.9 cm³/mol. The first kappa shape index (κ1) is 13.8. The van der Waals surface area contributed by atoms with Crippen molar-refractivity contribution in [1.29, 1.82) is 0 Å². The van der Waals surface area contributed by atoms with E-state index >= 15 is 0 Å². The highest BCUT2D eigenvalue weighted by Crippen LogP contribution is 2.26. The van der Waals surface area contributed by atoms with Crippen molar-refractivity contribution in [2.45, 2.75) is 20.3 Å². The largest absolute Gasteiger partial charge is 0.492 e. The Labute approximate surface area is 104 Å². The maximum atomic E-state index is 12.7. The van der Waals surface area contributed by atoms with Crippen LogP contribution in [0.25, 0.3) is 0 Å². The summed E-state index contributed by atoms with van der Waals surface area (Å²) in [6.45, 7) is 3.45. The number of aliphatic carboxylic acids is 1. The van der Waals surface area contributed by atoms with Crippen LogP contribution in [0.4, 0.5) is 4.39 Å². The lowest BCUT2D eigenvalue weighted by molar-refractivity contribution is -0.147. The first-order chi connectivity index (χ1) is 7.83. The van der Waals surface area contributed by atoms with Gasteiger partial charge in [-0.15, -0.1) is 0 Å². The molecule has 0 saturated carbocycles. The fourth-order valence-electron chi connectivity index (χ4n) is 1.12. The van der Waals surface area contributed by atoms with E-state index in [0.717, 1.165) is 6.07 Å². The van der Waals surface area contributed by atoms with E-state index in [-0.39, 0.29) is 11.6 Å². The molecule has 1 rings (SSSR count). The first-order valence-corrected chi connectivity index (χ1v) is 5.52. The van der Waals surface area contributed by atoms with Crippen LogP contribution in [-0.2, 0) is 4.79 Å². The standard InChI is InChI=1S/C12H14ClFO3/c1-12(2,11(15)16)5-6-17-10-4-3-8(14)7-9(10)13/h3-4,7H,5-6H2,1-2H3,(H,15,16). The zero-order valence-electron chi connectivity index (χ0n) is 9.67. The second-order valence-corrected chi connectivity index (χ2v) is 4.77. The topological polar surface area (TPSA) is 46.5 Å². The van der Waals surface area contributed by atoms with Crippen molar-refractivity contribution in [3.63, 3.8) is 0 Å². The van der Waals surface area contributed by atoms with Gasteiger partial charge in [-0.3, -0.25) is 4.79 Å². The molecule has 5 heteroatoms. The Balaban J connectivity index is 2.54. The minimum atomic E-state index is -0.883. The zero-order chi connectivity index (χ0) is 13.1. The van der Waals surface area contributed by atoms with Crippen LogP contribution in [0.5, 0.6) is 5.75 Å². The summed E-state index contributed by atoms with van der Waals surface area (Å²) in [5, 5.41) is 9.08. The van der Waals surface area contributed by atoms with Gasteiger partial charge in [-0.2, -0.15) is 0 Å². The van der Waals surface area contributed by atoms with Gasteiger partial charge in [0.05, 0.1) is 17.0 Å². The smallest absolute Gasteiger partial charge is 0.309 e. The van der Waals surface area contributed by atoms with E-state index in [1.165, 1.54) is 12.1 Å². The van der Waals surface area contributed by atoms with Gasteiger partial charge in [-0.1, -0.05) is 11.6 Å². The summed E-state index contributed by atoms with van der Waals surface area (Å²) in [4.78, 5) is 10.8. The summed E-state index contributed by atoms with van der Waals surface area (Å²) in [5.74, 6) is -0.964. The van der Waals surface area contributed by atoms with Gasteiger partial charge in [0.2, 0.25) is 0 Å². The van der Waals surface area contributed by atoms with Crippen molar-refractivity contribution in [2.75, 3.05) is 6.61 Å². The molecule has 0 aliphatic heterocycles. The summed E-state index contributed by atoms with van der Waals surface area (Å²) in [6.07, 6.45) is 0.343. The molecule has 0 unspecified atom stereocenters. The third-order valence-electron chi connectivity index (χ3n) is 2.46. The minimum Gasteiger partial charge on any atom is -0.492 e. The Hall–Kier alpha value is -1.29. The number of halogens is 2. The van der Waals surface area contributed by atoms with Crippen LogP contribution in [0.1, 0.15) is 20.3 Å². The van der Waals surface area contributed by atoms with E-state index in [1.807, 2.05) is 0 Å². The van der Waals surface area contributed by atoms with E-state index < -0.39 is 17.2 Å². The van der Waals surface area contributed by atoms with E-state index in [4.69, 9.17) is 21.4 Å². The van der Waals surface area contributed by atoms with Gasteiger partial charge in [0, 0.05) is 0 Å². The lowest BCUT2D eigenvalue weighted by Crippen LogP contribution is -2.25. The molecule has 0 fully saturated rings. The number of carbonyl (C=O) groups is 1. The molecule has 0 heterocycles. The summed E-state index contributed by atoms with van der Waals surface area (Å²) in [5.41, 5.74) is -0.855. The van der Waals surface area contributed by atoms with Crippen molar-refractivity contribution in [3.05, 3.63) is 29.0 Å². The molecule has 17 heavy (non-hydrogen) atoms. The van der Waals surface area contributed by atoms with Gasteiger partial charge in [0.15, 0.2) is 0 Å². The van der Waals surface area contributed by atoms with E-state index in [1.54, 1.807) is 13.8 Å². The highest BCUT2D eigenvalue weighted by Gasteiger charge is 2.26. The quantitative estimate of drug-likeness (QED) is 0.883. The zero-order valence-corrected chi connectivity index (χ0v) is 10.4. The predicted octanol–water partition coefficient (Wildman–Crippen LogP) is 3.36. The number of hydrogen-bond acceptors (Lipinski definition) is 2. The van der Waals surface area contributed by atoms with Gasteiger partial charge in [-0.25, -0.2) is 4.39 Å². The summed E-state index contributed by atoms with van der Waals surface area (Å²) in [7, 11) is 0. The summed E-state index contributed by atoms with van der Waals surface area (Å²) < 4.78 is 18.1. The SMILES string of the molecule is CC(C)(CCOc1ccc(F)cc1Cl)C(=O)O. The van der Waals surface area contributed by atoms with Crippen molar-refractivity contribution in [2.24, 2.45) is 5.41 Å². The number of ether oxygens (including phenoxy) is 1. The van der Waals surface area contributed by atoms with Gasteiger partial charge >= 0.3 is 5.97 Å². The first-order valence-electron chi connectivity index (χ1n) is 5.14. The van der Waals surface area contributed by atoms with E-state index in [0.29, 0.717) is 12.2 Å². The van der Waals surface area contributed by atoms with Crippen LogP contribution < -0.4 is 4.74 Å². The lowest BCUT2D eigenvalue weighted by Gasteiger charge is -2.19. The van der Waals surface area contributed by atoms with E-state index in [2.05, 4.69) is 0 Å². The van der Waals surface area contributed by atoms with Crippen LogP contribution >= 0.6 is 11.6 Å². The second kappa shape index (κ2) is 5.36. The number of carboxylic acids is 1. The Kier molecular flexibility index (Phi) is 4.34. The molecule has 94 valence electrons. The van der Waals surface area contributed by atoms with E-state index in [9.17, 15) is 9.18 Å². The molecule has 1 aromatic rings. The average Bonchev–Trinajstić information content (AvgIpc) is 2.21. The number of benzene rings is 1. The number of rotatable bonds is 5. The van der Waals surface area contributed by atoms with Crippen molar-refractivity contribution in [1.82, 2.24) is 0 Å². The Morgan fingerprint density at radius 3 is 2.71 bits per heavy atom. The van der Waals surface area contributed by atoms with Crippen molar-refractivity contribution in [3.8, 4) is 5.75 Å². The molecule has 0 aliphatic rings. The molecule has 0 atom stereocenters. The molecule has 0 bridgehead atoms. The molecule has 0 spiro atoms. The Morgan fingerprint density at radius 1 is 1.53 bits per heavy atom. The summed E-state index contributed by atoms with van der Waals surface area (Å²) >= 11 is 5.76. The normalized spacial score (nSPS) is 11.3. The van der Waals surface area contributed by atoms with Gasteiger partial charge in [0.1, 0.15) is 11.6 Å².